The molecule has 6 rings (SSSR count). The fourth-order valence-electron chi connectivity index (χ4n) is 5.84. The van der Waals surface area contributed by atoms with Crippen LogP contribution in [-0.2, 0) is 0 Å². The molecule has 3 N–H and O–H groups in total. The molecule has 3 aromatic rings. The van der Waals surface area contributed by atoms with Gasteiger partial charge in [-0.1, -0.05) is 18.0 Å². The third-order valence-corrected chi connectivity index (χ3v) is 8.03. The summed E-state index contributed by atoms with van der Waals surface area (Å²) in [5.74, 6) is 1.97. The van der Waals surface area contributed by atoms with E-state index in [1.54, 1.807) is 6.20 Å². The second-order valence-electron chi connectivity index (χ2n) is 10.8. The van der Waals surface area contributed by atoms with Gasteiger partial charge < -0.3 is 34.9 Å². The predicted molar refractivity (Wildman–Crippen MR) is 153 cm³/mol. The number of benzene rings is 1. The molecule has 11 heteroatoms. The number of rotatable bonds is 6. The van der Waals surface area contributed by atoms with Gasteiger partial charge in [-0.25, -0.2) is 0 Å². The van der Waals surface area contributed by atoms with Crippen LogP contribution in [0.4, 0.5) is 17.5 Å². The van der Waals surface area contributed by atoms with Crippen molar-refractivity contribution in [3.8, 4) is 11.5 Å². The fourth-order valence-corrected chi connectivity index (χ4v) is 6.07. The smallest absolute Gasteiger partial charge is 0.257 e. The Bertz CT molecular complexity index is 1350. The molecular weight excluding hydrogens is 518 g/mol. The summed E-state index contributed by atoms with van der Waals surface area (Å²) in [4.78, 5) is 30.6. The zero-order chi connectivity index (χ0) is 26.9. The van der Waals surface area contributed by atoms with Gasteiger partial charge in [-0.05, 0) is 64.8 Å². The lowest BCUT2D eigenvalue weighted by molar-refractivity contribution is 0.0582. The third-order valence-electron chi connectivity index (χ3n) is 7.73. The summed E-state index contributed by atoms with van der Waals surface area (Å²) in [5, 5.41) is 7.91. The number of likely N-dealkylation sites (tertiary alicyclic amines) is 2. The number of anilines is 3. The number of hydrogen-bond donors (Lipinski definition) is 3. The number of fused-ring (bicyclic) bond motifs is 2. The largest absolute Gasteiger partial charge is 0.485 e. The van der Waals surface area contributed by atoms with Gasteiger partial charge >= 0.3 is 0 Å². The molecule has 2 aromatic heterocycles. The van der Waals surface area contributed by atoms with Crippen LogP contribution in [0.3, 0.4) is 0 Å². The highest BCUT2D eigenvalue weighted by Crippen LogP contribution is 2.42. The first-order valence-corrected chi connectivity index (χ1v) is 14.4. The van der Waals surface area contributed by atoms with Crippen LogP contribution in [0.25, 0.3) is 11.0 Å². The average molecular weight is 554 g/mol. The molecule has 0 radical (unpaired) electrons. The van der Waals surface area contributed by atoms with Crippen LogP contribution < -0.4 is 20.1 Å². The summed E-state index contributed by atoms with van der Waals surface area (Å²) in [6.45, 7) is 8.75. The van der Waals surface area contributed by atoms with Gasteiger partial charge in [0.15, 0.2) is 11.5 Å². The first-order valence-electron chi connectivity index (χ1n) is 14.0. The Morgan fingerprint density at radius 3 is 2.54 bits per heavy atom. The minimum atomic E-state index is -0.0116. The number of H-pyrrole nitrogens is 1. The molecule has 0 aliphatic carbocycles. The molecule has 0 spiro atoms. The number of piperidine rings is 2. The Balaban J connectivity index is 1.23. The maximum Gasteiger partial charge on any atom is 0.257 e. The number of halogens is 1. The number of nitrogens with zero attached hydrogens (tertiary/aromatic N) is 4. The number of carbonyl (C=O) groups is 1. The number of ether oxygens (including phenoxy) is 2. The van der Waals surface area contributed by atoms with Gasteiger partial charge in [0.05, 0.1) is 21.7 Å². The Hall–Kier alpha value is -3.24. The van der Waals surface area contributed by atoms with Crippen molar-refractivity contribution >= 4 is 46.0 Å². The van der Waals surface area contributed by atoms with Gasteiger partial charge in [0.1, 0.15) is 24.7 Å². The minimum absolute atomic E-state index is 0.0116. The Morgan fingerprint density at radius 2 is 1.79 bits per heavy atom. The zero-order valence-electron chi connectivity index (χ0n) is 22.6. The number of carbonyl (C=O) groups excluding carboxylic acids is 1. The molecule has 0 saturated carbocycles. The van der Waals surface area contributed by atoms with Crippen LogP contribution in [0.1, 0.15) is 56.3 Å². The molecule has 1 aromatic carbocycles. The van der Waals surface area contributed by atoms with E-state index in [4.69, 9.17) is 21.1 Å². The zero-order valence-corrected chi connectivity index (χ0v) is 23.3. The molecule has 0 bridgehead atoms. The maximum atomic E-state index is 13.6. The fraction of sp³-hybridized carbons (Fsp3) is 0.536. The summed E-state index contributed by atoms with van der Waals surface area (Å²) in [6.07, 6.45) is 7.64. The van der Waals surface area contributed by atoms with E-state index in [1.165, 1.54) is 32.4 Å². The molecule has 3 aliphatic heterocycles. The van der Waals surface area contributed by atoms with Crippen molar-refractivity contribution in [1.82, 2.24) is 24.8 Å². The van der Waals surface area contributed by atoms with E-state index in [0.29, 0.717) is 64.4 Å². The Labute approximate surface area is 233 Å². The summed E-state index contributed by atoms with van der Waals surface area (Å²) in [6, 6.07) is 4.39. The molecular formula is C28H36ClN7O3. The van der Waals surface area contributed by atoms with Crippen molar-refractivity contribution in [2.45, 2.75) is 58.0 Å². The predicted octanol–water partition coefficient (Wildman–Crippen LogP) is 5.04. The standard InChI is InChI=1S/C28H36ClN7O3/c1-17(2)31-26-22-20(29)16-30-25(22)33-28(34-26)32-21-7-6-19(23-24(21)39-15-14-38-23)27(37)36-12-8-18(9-13-36)35-10-4-3-5-11-35/h6-7,16-18H,3-5,8-15H2,1-2H3,(H3,30,31,32,33,34). The highest BCUT2D eigenvalue weighted by molar-refractivity contribution is 6.36. The minimum Gasteiger partial charge on any atom is -0.485 e. The molecule has 208 valence electrons. The molecule has 2 saturated heterocycles. The van der Waals surface area contributed by atoms with Gasteiger partial charge in [0, 0.05) is 31.4 Å². The second kappa shape index (κ2) is 11.1. The van der Waals surface area contributed by atoms with E-state index < -0.39 is 0 Å². The Morgan fingerprint density at radius 1 is 1.05 bits per heavy atom. The van der Waals surface area contributed by atoms with Crippen molar-refractivity contribution in [3.05, 3.63) is 28.9 Å². The van der Waals surface area contributed by atoms with Crippen molar-refractivity contribution in [2.24, 2.45) is 0 Å². The normalized spacial score (nSPS) is 18.5. The van der Waals surface area contributed by atoms with E-state index >= 15 is 0 Å². The van der Waals surface area contributed by atoms with E-state index in [1.807, 2.05) is 30.9 Å². The number of hydrogen-bond acceptors (Lipinski definition) is 8. The second-order valence-corrected chi connectivity index (χ2v) is 11.2. The molecule has 1 amide bonds. The number of aromatic amines is 1. The molecule has 3 aliphatic rings. The number of amides is 1. The molecule has 0 atom stereocenters. The van der Waals surface area contributed by atoms with Crippen LogP contribution in [0.5, 0.6) is 11.5 Å². The SMILES string of the molecule is CC(C)Nc1nc(Nc2ccc(C(=O)N3CCC(N4CCCCC4)CC3)c3c2OCCO3)nc2[nH]cc(Cl)c12. The molecule has 2 fully saturated rings. The van der Waals surface area contributed by atoms with E-state index in [-0.39, 0.29) is 11.9 Å². The maximum absolute atomic E-state index is 13.6. The van der Waals surface area contributed by atoms with Gasteiger partial charge in [0.25, 0.3) is 5.91 Å². The van der Waals surface area contributed by atoms with Crippen LogP contribution in [0, 0.1) is 0 Å². The van der Waals surface area contributed by atoms with Crippen molar-refractivity contribution in [1.29, 1.82) is 0 Å². The summed E-state index contributed by atoms with van der Waals surface area (Å²) >= 11 is 6.38. The van der Waals surface area contributed by atoms with E-state index in [2.05, 4.69) is 30.5 Å². The lowest BCUT2D eigenvalue weighted by Crippen LogP contribution is -2.48. The van der Waals surface area contributed by atoms with Gasteiger partial charge in [-0.3, -0.25) is 4.79 Å². The lowest BCUT2D eigenvalue weighted by atomic mass is 9.99. The van der Waals surface area contributed by atoms with E-state index in [0.717, 1.165) is 31.3 Å². The lowest BCUT2D eigenvalue weighted by Gasteiger charge is -2.40. The van der Waals surface area contributed by atoms with Crippen LogP contribution >= 0.6 is 11.6 Å². The molecule has 0 unspecified atom stereocenters. The first-order chi connectivity index (χ1) is 19.0. The van der Waals surface area contributed by atoms with E-state index in [9.17, 15) is 4.79 Å². The molecule has 39 heavy (non-hydrogen) atoms. The number of nitrogens with one attached hydrogen (secondary N) is 3. The summed E-state index contributed by atoms with van der Waals surface area (Å²) in [5.41, 5.74) is 1.78. The van der Waals surface area contributed by atoms with Gasteiger partial charge in [-0.2, -0.15) is 9.97 Å². The first kappa shape index (κ1) is 26.0. The quantitative estimate of drug-likeness (QED) is 0.390. The van der Waals surface area contributed by atoms with Crippen molar-refractivity contribution in [2.75, 3.05) is 50.0 Å². The van der Waals surface area contributed by atoms with Gasteiger partial charge in [-0.15, -0.1) is 0 Å². The van der Waals surface area contributed by atoms with Crippen LogP contribution in [0.2, 0.25) is 5.02 Å². The highest BCUT2D eigenvalue weighted by atomic mass is 35.5. The molecule has 5 heterocycles. The van der Waals surface area contributed by atoms with Crippen LogP contribution in [0.15, 0.2) is 18.3 Å². The molecule has 10 nitrogen and oxygen atoms in total. The monoisotopic (exact) mass is 553 g/mol. The highest BCUT2D eigenvalue weighted by Gasteiger charge is 2.31. The summed E-state index contributed by atoms with van der Waals surface area (Å²) in [7, 11) is 0. The third kappa shape index (κ3) is 5.32. The average Bonchev–Trinajstić information content (AvgIpc) is 3.33. The van der Waals surface area contributed by atoms with Crippen LogP contribution in [-0.4, -0.2) is 82.1 Å². The number of aromatic nitrogens is 3. The Kier molecular flexibility index (Phi) is 7.40. The van der Waals surface area contributed by atoms with Crippen molar-refractivity contribution in [3.63, 3.8) is 0 Å². The van der Waals surface area contributed by atoms with Crippen molar-refractivity contribution < 1.29 is 14.3 Å². The topological polar surface area (TPSA) is 108 Å². The summed E-state index contributed by atoms with van der Waals surface area (Å²) < 4.78 is 12.0. The van der Waals surface area contributed by atoms with Gasteiger partial charge in [0.2, 0.25) is 5.95 Å².